The number of hydrogen-bond acceptors (Lipinski definition) is 8. The summed E-state index contributed by atoms with van der Waals surface area (Å²) in [5, 5.41) is 0. The van der Waals surface area contributed by atoms with Crippen LogP contribution in [-0.4, -0.2) is 53.7 Å². The Morgan fingerprint density at radius 1 is 1.21 bits per heavy atom. The molecule has 1 saturated heterocycles. The van der Waals surface area contributed by atoms with Gasteiger partial charge in [-0.15, -0.1) is 0 Å². The van der Waals surface area contributed by atoms with E-state index in [1.165, 1.54) is 6.20 Å². The maximum absolute atomic E-state index is 11.7. The van der Waals surface area contributed by atoms with Crippen molar-refractivity contribution in [2.75, 3.05) is 48.3 Å². The van der Waals surface area contributed by atoms with Crippen LogP contribution in [0.2, 0.25) is 0 Å². The number of carbonyl (C=O) groups is 1. The standard InChI is InChI=1S/C16H20N6O2/c1-2-24-15(23)13-11-19-16(20-14(13)17)22-9-7-21(8-10-22)12-3-5-18-6-4-12/h3-6,11H,2,7-10H2,1H3,(H2,17,19,20). The van der Waals surface area contributed by atoms with Gasteiger partial charge in [-0.25, -0.2) is 9.78 Å². The lowest BCUT2D eigenvalue weighted by Gasteiger charge is -2.36. The molecule has 2 aromatic rings. The first kappa shape index (κ1) is 16.0. The van der Waals surface area contributed by atoms with Crippen LogP contribution in [0, 0.1) is 0 Å². The molecule has 3 rings (SSSR count). The number of esters is 1. The zero-order valence-corrected chi connectivity index (χ0v) is 13.6. The van der Waals surface area contributed by atoms with E-state index in [4.69, 9.17) is 10.5 Å². The lowest BCUT2D eigenvalue weighted by molar-refractivity contribution is 0.0527. The second-order valence-electron chi connectivity index (χ2n) is 5.37. The van der Waals surface area contributed by atoms with Crippen LogP contribution in [0.15, 0.2) is 30.7 Å². The first-order valence-corrected chi connectivity index (χ1v) is 7.88. The number of nitrogens with two attached hydrogens (primary N) is 1. The minimum atomic E-state index is -0.496. The Morgan fingerprint density at radius 3 is 2.50 bits per heavy atom. The minimum Gasteiger partial charge on any atom is -0.462 e. The van der Waals surface area contributed by atoms with Crippen molar-refractivity contribution in [3.8, 4) is 0 Å². The molecule has 0 atom stereocenters. The van der Waals surface area contributed by atoms with Crippen molar-refractivity contribution in [3.05, 3.63) is 36.3 Å². The molecule has 0 amide bonds. The molecule has 8 nitrogen and oxygen atoms in total. The van der Waals surface area contributed by atoms with Crippen molar-refractivity contribution in [2.45, 2.75) is 6.92 Å². The van der Waals surface area contributed by atoms with E-state index in [1.807, 2.05) is 12.1 Å². The smallest absolute Gasteiger partial charge is 0.343 e. The van der Waals surface area contributed by atoms with Gasteiger partial charge in [0.05, 0.1) is 6.61 Å². The maximum Gasteiger partial charge on any atom is 0.343 e. The summed E-state index contributed by atoms with van der Waals surface area (Å²) >= 11 is 0. The second kappa shape index (κ2) is 7.12. The quantitative estimate of drug-likeness (QED) is 0.829. The van der Waals surface area contributed by atoms with Crippen LogP contribution in [-0.2, 0) is 4.74 Å². The van der Waals surface area contributed by atoms with E-state index in [0.717, 1.165) is 31.9 Å². The zero-order valence-electron chi connectivity index (χ0n) is 13.6. The van der Waals surface area contributed by atoms with Gasteiger partial charge in [-0.05, 0) is 19.1 Å². The van der Waals surface area contributed by atoms with Crippen molar-refractivity contribution >= 4 is 23.4 Å². The number of carbonyl (C=O) groups excluding carboxylic acids is 1. The van der Waals surface area contributed by atoms with E-state index >= 15 is 0 Å². The third-order valence-corrected chi connectivity index (χ3v) is 3.89. The summed E-state index contributed by atoms with van der Waals surface area (Å²) in [6.45, 7) is 5.30. The molecule has 1 aliphatic rings. The van der Waals surface area contributed by atoms with Crippen molar-refractivity contribution in [2.24, 2.45) is 0 Å². The highest BCUT2D eigenvalue weighted by Crippen LogP contribution is 2.19. The first-order valence-electron chi connectivity index (χ1n) is 7.88. The van der Waals surface area contributed by atoms with Crippen LogP contribution < -0.4 is 15.5 Å². The topological polar surface area (TPSA) is 97.5 Å². The van der Waals surface area contributed by atoms with Gasteiger partial charge < -0.3 is 20.3 Å². The predicted octanol–water partition coefficient (Wildman–Crippen LogP) is 0.957. The van der Waals surface area contributed by atoms with Gasteiger partial charge in [-0.1, -0.05) is 0 Å². The Labute approximate surface area is 140 Å². The third kappa shape index (κ3) is 3.37. The van der Waals surface area contributed by atoms with Crippen molar-refractivity contribution in [3.63, 3.8) is 0 Å². The fourth-order valence-corrected chi connectivity index (χ4v) is 2.62. The SMILES string of the molecule is CCOC(=O)c1cnc(N2CCN(c3ccncc3)CC2)nc1N. The lowest BCUT2D eigenvalue weighted by atomic mass is 10.2. The molecule has 24 heavy (non-hydrogen) atoms. The lowest BCUT2D eigenvalue weighted by Crippen LogP contribution is -2.47. The van der Waals surface area contributed by atoms with Crippen molar-refractivity contribution in [1.82, 2.24) is 15.0 Å². The molecule has 0 aromatic carbocycles. The summed E-state index contributed by atoms with van der Waals surface area (Å²) in [4.78, 5) is 28.7. The largest absolute Gasteiger partial charge is 0.462 e. The number of aromatic nitrogens is 3. The molecule has 0 spiro atoms. The van der Waals surface area contributed by atoms with Crippen molar-refractivity contribution in [1.29, 1.82) is 0 Å². The van der Waals surface area contributed by atoms with Crippen LogP contribution in [0.1, 0.15) is 17.3 Å². The molecule has 126 valence electrons. The number of nitrogen functional groups attached to an aromatic ring is 1. The molecule has 0 unspecified atom stereocenters. The monoisotopic (exact) mass is 328 g/mol. The average Bonchev–Trinajstić information content (AvgIpc) is 2.62. The second-order valence-corrected chi connectivity index (χ2v) is 5.37. The Hall–Kier alpha value is -2.90. The molecule has 2 N–H and O–H groups in total. The number of pyridine rings is 1. The molecule has 1 aliphatic heterocycles. The van der Waals surface area contributed by atoms with Gasteiger partial charge in [0.25, 0.3) is 0 Å². The van der Waals surface area contributed by atoms with Gasteiger partial charge >= 0.3 is 5.97 Å². The number of nitrogens with zero attached hydrogens (tertiary/aromatic N) is 5. The van der Waals surface area contributed by atoms with E-state index in [2.05, 4.69) is 24.8 Å². The molecular weight excluding hydrogens is 308 g/mol. The summed E-state index contributed by atoms with van der Waals surface area (Å²) in [5.74, 6) is 0.189. The van der Waals surface area contributed by atoms with E-state index in [9.17, 15) is 4.79 Å². The van der Waals surface area contributed by atoms with Crippen molar-refractivity contribution < 1.29 is 9.53 Å². The highest BCUT2D eigenvalue weighted by atomic mass is 16.5. The molecule has 2 aromatic heterocycles. The fraction of sp³-hybridized carbons (Fsp3) is 0.375. The average molecular weight is 328 g/mol. The molecule has 1 fully saturated rings. The van der Waals surface area contributed by atoms with E-state index in [-0.39, 0.29) is 18.0 Å². The summed E-state index contributed by atoms with van der Waals surface area (Å²) in [7, 11) is 0. The Morgan fingerprint density at radius 2 is 1.88 bits per heavy atom. The summed E-state index contributed by atoms with van der Waals surface area (Å²) < 4.78 is 4.93. The van der Waals surface area contributed by atoms with Crippen LogP contribution in [0.3, 0.4) is 0 Å². The summed E-state index contributed by atoms with van der Waals surface area (Å²) in [5.41, 5.74) is 7.24. The summed E-state index contributed by atoms with van der Waals surface area (Å²) in [6, 6.07) is 4.00. The fourth-order valence-electron chi connectivity index (χ4n) is 2.62. The third-order valence-electron chi connectivity index (χ3n) is 3.89. The first-order chi connectivity index (χ1) is 11.7. The van der Waals surface area contributed by atoms with Gasteiger partial charge in [0, 0.05) is 50.5 Å². The number of hydrogen-bond donors (Lipinski definition) is 1. The van der Waals surface area contributed by atoms with Gasteiger partial charge in [0.2, 0.25) is 5.95 Å². The molecule has 0 saturated carbocycles. The Kier molecular flexibility index (Phi) is 4.74. The number of ether oxygens (including phenoxy) is 1. The van der Waals surface area contributed by atoms with E-state index in [1.54, 1.807) is 19.3 Å². The number of piperazine rings is 1. The number of rotatable bonds is 4. The maximum atomic E-state index is 11.7. The van der Waals surface area contributed by atoms with Crippen LogP contribution in [0.5, 0.6) is 0 Å². The van der Waals surface area contributed by atoms with E-state index < -0.39 is 5.97 Å². The zero-order chi connectivity index (χ0) is 16.9. The summed E-state index contributed by atoms with van der Waals surface area (Å²) in [6.07, 6.45) is 5.02. The normalized spacial score (nSPS) is 14.5. The minimum absolute atomic E-state index is 0.148. The van der Waals surface area contributed by atoms with Gasteiger partial charge in [-0.3, -0.25) is 4.98 Å². The van der Waals surface area contributed by atoms with Gasteiger partial charge in [-0.2, -0.15) is 4.98 Å². The Bertz CT molecular complexity index is 701. The number of anilines is 3. The molecule has 8 heteroatoms. The highest BCUT2D eigenvalue weighted by Gasteiger charge is 2.21. The predicted molar refractivity (Wildman–Crippen MR) is 91.1 cm³/mol. The van der Waals surface area contributed by atoms with E-state index in [0.29, 0.717) is 5.95 Å². The van der Waals surface area contributed by atoms with Gasteiger partial charge in [0.15, 0.2) is 0 Å². The van der Waals surface area contributed by atoms with Crippen LogP contribution in [0.4, 0.5) is 17.5 Å². The molecule has 0 radical (unpaired) electrons. The molecule has 0 bridgehead atoms. The molecule has 0 aliphatic carbocycles. The highest BCUT2D eigenvalue weighted by molar-refractivity contribution is 5.93. The Balaban J connectivity index is 1.66. The van der Waals surface area contributed by atoms with Gasteiger partial charge in [0.1, 0.15) is 11.4 Å². The van der Waals surface area contributed by atoms with Crippen LogP contribution in [0.25, 0.3) is 0 Å². The molecule has 3 heterocycles. The van der Waals surface area contributed by atoms with Crippen LogP contribution >= 0.6 is 0 Å². The molecular formula is C16H20N6O2.